The molecule has 0 radical (unpaired) electrons. The number of cyclic esters (lactones) is 1. The number of aromatic nitrogens is 2. The molecule has 2 aromatic heterocycles. The van der Waals surface area contributed by atoms with E-state index in [2.05, 4.69) is 32.6 Å². The second-order valence-electron chi connectivity index (χ2n) is 7.65. The zero-order valence-corrected chi connectivity index (χ0v) is 19.1. The van der Waals surface area contributed by atoms with Crippen molar-refractivity contribution in [1.82, 2.24) is 20.7 Å². The molecule has 8 nitrogen and oxygen atoms in total. The molecule has 1 fully saturated rings. The van der Waals surface area contributed by atoms with E-state index in [4.69, 9.17) is 10.6 Å². The van der Waals surface area contributed by atoms with Gasteiger partial charge in [-0.05, 0) is 42.0 Å². The Bertz CT molecular complexity index is 1460. The van der Waals surface area contributed by atoms with Crippen molar-refractivity contribution in [3.63, 3.8) is 0 Å². The predicted octanol–water partition coefficient (Wildman–Crippen LogP) is 3.50. The van der Waals surface area contributed by atoms with Crippen LogP contribution in [0.25, 0.3) is 22.2 Å². The van der Waals surface area contributed by atoms with Gasteiger partial charge in [-0.1, -0.05) is 36.1 Å². The first-order chi connectivity index (χ1) is 16.6. The number of amides is 2. The van der Waals surface area contributed by atoms with E-state index in [0.717, 1.165) is 22.3 Å². The molecule has 1 saturated heterocycles. The average molecular weight is 486 g/mol. The number of nitrogens with one attached hydrogen (secondary N) is 2. The number of pyridine rings is 2. The molecule has 9 heteroatoms. The van der Waals surface area contributed by atoms with E-state index in [1.54, 1.807) is 24.5 Å². The summed E-state index contributed by atoms with van der Waals surface area (Å²) in [5, 5.41) is 3.27. The van der Waals surface area contributed by atoms with Gasteiger partial charge in [0.1, 0.15) is 6.10 Å². The summed E-state index contributed by atoms with van der Waals surface area (Å²) in [5.74, 6) is 11.2. The third-order valence-electron chi connectivity index (χ3n) is 5.48. The lowest BCUT2D eigenvalue weighted by atomic mass is 10.0. The van der Waals surface area contributed by atoms with E-state index in [1.807, 2.05) is 48.5 Å². The molecule has 4 N–H and O–H groups in total. The topological polar surface area (TPSA) is 119 Å². The highest BCUT2D eigenvalue weighted by Crippen LogP contribution is 2.25. The lowest BCUT2D eigenvalue weighted by Crippen LogP contribution is -2.30. The van der Waals surface area contributed by atoms with Crippen LogP contribution in [0.3, 0.4) is 0 Å². The van der Waals surface area contributed by atoms with Crippen LogP contribution in [0, 0.1) is 11.8 Å². The van der Waals surface area contributed by atoms with Crippen LogP contribution in [-0.4, -0.2) is 28.5 Å². The average Bonchev–Trinajstić information content (AvgIpc) is 3.33. The first-order valence-electron chi connectivity index (χ1n) is 10.5. The van der Waals surface area contributed by atoms with Crippen LogP contribution in [0.15, 0.2) is 73.1 Å². The van der Waals surface area contributed by atoms with Gasteiger partial charge in [-0.2, -0.15) is 0 Å². The highest BCUT2D eigenvalue weighted by molar-refractivity contribution is 6.06. The maximum Gasteiger partial charge on any atom is 0.407 e. The molecular weight excluding hydrogens is 466 g/mol. The summed E-state index contributed by atoms with van der Waals surface area (Å²) in [7, 11) is 0. The van der Waals surface area contributed by atoms with Crippen molar-refractivity contribution >= 4 is 35.3 Å². The van der Waals surface area contributed by atoms with Gasteiger partial charge >= 0.3 is 6.09 Å². The summed E-state index contributed by atoms with van der Waals surface area (Å²) < 4.78 is 5.19. The number of ether oxygens (including phenoxy) is 1. The third kappa shape index (κ3) is 5.06. The van der Waals surface area contributed by atoms with Crippen LogP contribution in [0.5, 0.6) is 0 Å². The first kappa shape index (κ1) is 23.7. The van der Waals surface area contributed by atoms with Crippen LogP contribution in [0.4, 0.5) is 4.79 Å². The fourth-order valence-electron chi connectivity index (χ4n) is 3.71. The Morgan fingerprint density at radius 1 is 1.06 bits per heavy atom. The zero-order chi connectivity index (χ0) is 23.5. The minimum atomic E-state index is -0.405. The van der Waals surface area contributed by atoms with Crippen LogP contribution in [0.1, 0.15) is 33.2 Å². The fraction of sp³-hybridized carbons (Fsp3) is 0.0769. The highest BCUT2D eigenvalue weighted by atomic mass is 35.5. The van der Waals surface area contributed by atoms with E-state index in [9.17, 15) is 9.59 Å². The quantitative estimate of drug-likeness (QED) is 0.177. The highest BCUT2D eigenvalue weighted by Gasteiger charge is 2.23. The molecule has 0 saturated carbocycles. The van der Waals surface area contributed by atoms with Crippen molar-refractivity contribution in [2.45, 2.75) is 6.10 Å². The van der Waals surface area contributed by atoms with Gasteiger partial charge in [-0.3, -0.25) is 15.2 Å². The van der Waals surface area contributed by atoms with Gasteiger partial charge in [-0.25, -0.2) is 15.6 Å². The van der Waals surface area contributed by atoms with Crippen molar-refractivity contribution in [3.05, 3.63) is 95.3 Å². The molecule has 35 heavy (non-hydrogen) atoms. The van der Waals surface area contributed by atoms with Crippen LogP contribution in [0.2, 0.25) is 0 Å². The number of benzene rings is 2. The van der Waals surface area contributed by atoms with Gasteiger partial charge in [0.05, 0.1) is 23.3 Å². The van der Waals surface area contributed by atoms with Crippen molar-refractivity contribution in [3.8, 4) is 23.1 Å². The molecule has 0 aliphatic carbocycles. The molecule has 3 heterocycles. The number of rotatable bonds is 3. The van der Waals surface area contributed by atoms with Gasteiger partial charge in [0.25, 0.3) is 5.91 Å². The van der Waals surface area contributed by atoms with Gasteiger partial charge in [-0.15, -0.1) is 12.4 Å². The van der Waals surface area contributed by atoms with Gasteiger partial charge in [0.2, 0.25) is 0 Å². The Hall–Kier alpha value is -4.45. The second kappa shape index (κ2) is 10.2. The predicted molar refractivity (Wildman–Crippen MR) is 134 cm³/mol. The number of hydrogen-bond acceptors (Lipinski definition) is 6. The Morgan fingerprint density at radius 3 is 2.37 bits per heavy atom. The number of halogens is 1. The SMILES string of the molecule is Cl.NNC(=O)c1cc(-c2ccc(C#Cc3ccc(C4CNC(=O)O4)cc3)cc2)nc2ccncc12. The molecule has 4 aromatic rings. The monoisotopic (exact) mass is 485 g/mol. The summed E-state index contributed by atoms with van der Waals surface area (Å²) in [5.41, 5.74) is 7.35. The smallest absolute Gasteiger partial charge is 0.407 e. The molecule has 1 aliphatic heterocycles. The van der Waals surface area contributed by atoms with E-state index in [0.29, 0.717) is 28.7 Å². The molecule has 1 unspecified atom stereocenters. The summed E-state index contributed by atoms with van der Waals surface area (Å²) in [6.07, 6.45) is 2.57. The maximum atomic E-state index is 12.3. The molecule has 0 spiro atoms. The van der Waals surface area contributed by atoms with E-state index in [-0.39, 0.29) is 18.5 Å². The molecule has 2 amide bonds. The number of carbonyl (C=O) groups is 2. The Labute approximate surface area is 207 Å². The molecule has 5 rings (SSSR count). The number of nitrogens with zero attached hydrogens (tertiary/aromatic N) is 2. The Morgan fingerprint density at radius 2 is 1.74 bits per heavy atom. The van der Waals surface area contributed by atoms with E-state index >= 15 is 0 Å². The van der Waals surface area contributed by atoms with Crippen LogP contribution in [-0.2, 0) is 4.74 Å². The normalized spacial score (nSPS) is 14.2. The van der Waals surface area contributed by atoms with E-state index < -0.39 is 12.0 Å². The van der Waals surface area contributed by atoms with Crippen molar-refractivity contribution in [2.75, 3.05) is 6.54 Å². The first-order valence-corrected chi connectivity index (χ1v) is 10.5. The number of alkyl carbamates (subject to hydrolysis) is 1. The molecular formula is C26H20ClN5O3. The number of carbonyl (C=O) groups excluding carboxylic acids is 2. The summed E-state index contributed by atoms with van der Waals surface area (Å²) >= 11 is 0. The van der Waals surface area contributed by atoms with Crippen molar-refractivity contribution in [2.24, 2.45) is 5.84 Å². The van der Waals surface area contributed by atoms with Gasteiger partial charge in [0, 0.05) is 34.5 Å². The molecule has 0 bridgehead atoms. The summed E-state index contributed by atoms with van der Waals surface area (Å²) in [6.45, 7) is 0.470. The van der Waals surface area contributed by atoms with E-state index in [1.165, 1.54) is 0 Å². The molecule has 2 aromatic carbocycles. The standard InChI is InChI=1S/C26H19N5O3.ClH/c27-31-25(32)20-13-23(30-22-11-12-28-14-21(20)22)18-7-3-16(4-8-18)1-2-17-5-9-19(10-6-17)24-15-29-26(33)34-24;/h3-14,24H,15,27H2,(H,29,33)(H,31,32);1H. The summed E-state index contributed by atoms with van der Waals surface area (Å²) in [4.78, 5) is 32.2. The number of nitrogen functional groups attached to an aromatic ring is 1. The fourth-order valence-corrected chi connectivity index (χ4v) is 3.71. The maximum absolute atomic E-state index is 12.3. The third-order valence-corrected chi connectivity index (χ3v) is 5.48. The van der Waals surface area contributed by atoms with Crippen LogP contribution < -0.4 is 16.6 Å². The van der Waals surface area contributed by atoms with Crippen LogP contribution >= 0.6 is 12.4 Å². The van der Waals surface area contributed by atoms with Gasteiger partial charge < -0.3 is 10.1 Å². The molecule has 1 aliphatic rings. The molecule has 1 atom stereocenters. The number of nitrogens with two attached hydrogens (primary N) is 1. The van der Waals surface area contributed by atoms with Crippen molar-refractivity contribution in [1.29, 1.82) is 0 Å². The minimum absolute atomic E-state index is 0. The number of fused-ring (bicyclic) bond motifs is 1. The number of hydrazine groups is 1. The van der Waals surface area contributed by atoms with Gasteiger partial charge in [0.15, 0.2) is 0 Å². The molecule has 174 valence electrons. The zero-order valence-electron chi connectivity index (χ0n) is 18.3. The second-order valence-corrected chi connectivity index (χ2v) is 7.65. The number of hydrogen-bond donors (Lipinski definition) is 3. The minimum Gasteiger partial charge on any atom is -0.439 e. The lowest BCUT2D eigenvalue weighted by Gasteiger charge is -2.08. The summed E-state index contributed by atoms with van der Waals surface area (Å²) in [6, 6.07) is 18.7. The Kier molecular flexibility index (Phi) is 6.92. The van der Waals surface area contributed by atoms with Crippen molar-refractivity contribution < 1.29 is 14.3 Å². The lowest BCUT2D eigenvalue weighted by molar-refractivity contribution is 0.0955. The largest absolute Gasteiger partial charge is 0.439 e. The Balaban J connectivity index is 0.00000289.